The molecule has 0 spiro atoms. The van der Waals surface area contributed by atoms with Crippen LogP contribution in [0.15, 0.2) is 67.8 Å². The summed E-state index contributed by atoms with van der Waals surface area (Å²) in [6.45, 7) is 12.0. The van der Waals surface area contributed by atoms with Gasteiger partial charge in [-0.15, -0.1) is 6.58 Å². The first kappa shape index (κ1) is 28.7. The van der Waals surface area contributed by atoms with Gasteiger partial charge >= 0.3 is 0 Å². The number of para-hydroxylation sites is 1. The van der Waals surface area contributed by atoms with Crippen molar-refractivity contribution in [3.63, 3.8) is 0 Å². The number of carbonyl (C=O) groups excluding carboxylic acids is 2. The van der Waals surface area contributed by atoms with Gasteiger partial charge in [-0.05, 0) is 42.5 Å². The SMILES string of the molecule is C=CCCCCOc1ccccc1C(=O)NC(Cc1ccccc1C=C)C(=O)N(C)OC.CC. The van der Waals surface area contributed by atoms with E-state index < -0.39 is 6.04 Å². The zero-order chi connectivity index (χ0) is 25.3. The Morgan fingerprint density at radius 1 is 1.06 bits per heavy atom. The number of ether oxygens (including phenoxy) is 1. The lowest BCUT2D eigenvalue weighted by atomic mass is 9.99. The molecule has 2 aromatic rings. The van der Waals surface area contributed by atoms with Gasteiger partial charge in [0.1, 0.15) is 11.8 Å². The van der Waals surface area contributed by atoms with Crippen LogP contribution in [0.2, 0.25) is 0 Å². The van der Waals surface area contributed by atoms with Crippen molar-refractivity contribution in [2.75, 3.05) is 20.8 Å². The maximum Gasteiger partial charge on any atom is 0.268 e. The second-order valence-electron chi connectivity index (χ2n) is 7.28. The first-order chi connectivity index (χ1) is 16.5. The quantitative estimate of drug-likeness (QED) is 0.242. The van der Waals surface area contributed by atoms with Gasteiger partial charge in [0.25, 0.3) is 11.8 Å². The van der Waals surface area contributed by atoms with Crippen LogP contribution < -0.4 is 10.1 Å². The molecule has 0 saturated carbocycles. The van der Waals surface area contributed by atoms with Gasteiger partial charge in [-0.1, -0.05) is 69.0 Å². The molecular weight excluding hydrogens is 428 g/mol. The molecule has 0 radical (unpaired) electrons. The van der Waals surface area contributed by atoms with Crippen LogP contribution in [-0.2, 0) is 16.1 Å². The Morgan fingerprint density at radius 2 is 1.74 bits per heavy atom. The predicted molar refractivity (Wildman–Crippen MR) is 139 cm³/mol. The Balaban J connectivity index is 0.00000281. The molecule has 6 nitrogen and oxygen atoms in total. The van der Waals surface area contributed by atoms with E-state index >= 15 is 0 Å². The van der Waals surface area contributed by atoms with Crippen LogP contribution >= 0.6 is 0 Å². The summed E-state index contributed by atoms with van der Waals surface area (Å²) in [7, 11) is 2.92. The molecule has 0 fully saturated rings. The fourth-order valence-electron chi connectivity index (χ4n) is 3.24. The van der Waals surface area contributed by atoms with E-state index in [0.29, 0.717) is 24.3 Å². The molecule has 0 aliphatic carbocycles. The Morgan fingerprint density at radius 3 is 2.41 bits per heavy atom. The molecule has 2 rings (SSSR count). The number of benzene rings is 2. The van der Waals surface area contributed by atoms with Crippen molar-refractivity contribution in [3.8, 4) is 5.75 Å². The second-order valence-corrected chi connectivity index (χ2v) is 7.28. The number of allylic oxidation sites excluding steroid dienone is 1. The maximum atomic E-state index is 13.1. The number of hydrogen-bond acceptors (Lipinski definition) is 4. The van der Waals surface area contributed by atoms with Crippen LogP contribution in [0.5, 0.6) is 5.75 Å². The molecule has 1 atom stereocenters. The van der Waals surface area contributed by atoms with Gasteiger partial charge in [-0.3, -0.25) is 14.4 Å². The Hall–Kier alpha value is -3.38. The van der Waals surface area contributed by atoms with Crippen LogP contribution in [0.1, 0.15) is 54.6 Å². The largest absolute Gasteiger partial charge is 0.493 e. The molecule has 184 valence electrons. The monoisotopic (exact) mass is 466 g/mol. The molecule has 0 heterocycles. The van der Waals surface area contributed by atoms with Crippen LogP contribution in [0.3, 0.4) is 0 Å². The van der Waals surface area contributed by atoms with Gasteiger partial charge in [0, 0.05) is 13.5 Å². The van der Waals surface area contributed by atoms with E-state index in [1.54, 1.807) is 24.3 Å². The molecule has 0 saturated heterocycles. The highest BCUT2D eigenvalue weighted by Gasteiger charge is 2.26. The minimum absolute atomic E-state index is 0.297. The molecule has 34 heavy (non-hydrogen) atoms. The van der Waals surface area contributed by atoms with Crippen molar-refractivity contribution in [2.45, 2.75) is 45.6 Å². The summed E-state index contributed by atoms with van der Waals surface area (Å²) in [5.41, 5.74) is 2.19. The summed E-state index contributed by atoms with van der Waals surface area (Å²) < 4.78 is 5.84. The summed E-state index contributed by atoms with van der Waals surface area (Å²) in [6.07, 6.45) is 6.66. The van der Waals surface area contributed by atoms with E-state index in [-0.39, 0.29) is 11.8 Å². The highest BCUT2D eigenvalue weighted by atomic mass is 16.7. The summed E-state index contributed by atoms with van der Waals surface area (Å²) in [4.78, 5) is 31.1. The molecule has 1 unspecified atom stereocenters. The minimum atomic E-state index is -0.825. The topological polar surface area (TPSA) is 67.9 Å². The van der Waals surface area contributed by atoms with E-state index in [4.69, 9.17) is 9.57 Å². The number of likely N-dealkylation sites (N-methyl/N-ethyl adjacent to an activating group) is 1. The van der Waals surface area contributed by atoms with Crippen LogP contribution in [0.25, 0.3) is 6.08 Å². The smallest absolute Gasteiger partial charge is 0.268 e. The normalized spacial score (nSPS) is 10.8. The first-order valence-corrected chi connectivity index (χ1v) is 11.7. The van der Waals surface area contributed by atoms with E-state index in [1.807, 2.05) is 50.3 Å². The third-order valence-electron chi connectivity index (χ3n) is 5.08. The Labute approximate surface area is 204 Å². The standard InChI is InChI=1S/C26H32N2O4.C2H6/c1-5-7-8-13-18-32-24-17-12-11-16-22(24)25(29)27-23(26(30)28(3)31-4)19-21-15-10-9-14-20(21)6-2;1-2/h5-6,9-12,14-17,23H,1-2,7-8,13,18-19H2,3-4H3,(H,27,29);1-2H3. The van der Waals surface area contributed by atoms with Crippen molar-refractivity contribution in [1.29, 1.82) is 0 Å². The molecule has 0 aliphatic heterocycles. The van der Waals surface area contributed by atoms with E-state index in [0.717, 1.165) is 35.5 Å². The Kier molecular flexibility index (Phi) is 13.7. The molecule has 0 aromatic heterocycles. The summed E-state index contributed by atoms with van der Waals surface area (Å²) >= 11 is 0. The highest BCUT2D eigenvalue weighted by Crippen LogP contribution is 2.20. The first-order valence-electron chi connectivity index (χ1n) is 11.7. The van der Waals surface area contributed by atoms with Crippen molar-refractivity contribution in [1.82, 2.24) is 10.4 Å². The predicted octanol–water partition coefficient (Wildman–Crippen LogP) is 5.45. The van der Waals surface area contributed by atoms with E-state index in [1.165, 1.54) is 14.2 Å². The molecule has 0 aliphatic rings. The van der Waals surface area contributed by atoms with E-state index in [2.05, 4.69) is 18.5 Å². The number of unbranched alkanes of at least 4 members (excludes halogenated alkanes) is 2. The lowest BCUT2D eigenvalue weighted by Gasteiger charge is -2.24. The Bertz CT molecular complexity index is 926. The van der Waals surface area contributed by atoms with Crippen molar-refractivity contribution in [3.05, 3.63) is 84.5 Å². The fraction of sp³-hybridized carbons (Fsp3) is 0.357. The van der Waals surface area contributed by atoms with Crippen molar-refractivity contribution >= 4 is 17.9 Å². The van der Waals surface area contributed by atoms with Crippen molar-refractivity contribution in [2.24, 2.45) is 0 Å². The summed E-state index contributed by atoms with van der Waals surface area (Å²) in [5.74, 6) is -0.255. The number of hydrogen-bond donors (Lipinski definition) is 1. The lowest BCUT2D eigenvalue weighted by molar-refractivity contribution is -0.170. The van der Waals surface area contributed by atoms with Gasteiger partial charge in [0.2, 0.25) is 0 Å². The maximum absolute atomic E-state index is 13.1. The van der Waals surface area contributed by atoms with Crippen molar-refractivity contribution < 1.29 is 19.2 Å². The minimum Gasteiger partial charge on any atom is -0.493 e. The number of amides is 2. The average Bonchev–Trinajstić information content (AvgIpc) is 2.88. The number of nitrogens with one attached hydrogen (secondary N) is 1. The summed E-state index contributed by atoms with van der Waals surface area (Å²) in [5, 5.41) is 3.98. The number of hydroxylamine groups is 2. The third kappa shape index (κ3) is 8.87. The van der Waals surface area contributed by atoms with Gasteiger partial charge < -0.3 is 10.1 Å². The molecule has 0 bridgehead atoms. The molecule has 2 aromatic carbocycles. The zero-order valence-electron chi connectivity index (χ0n) is 20.9. The average molecular weight is 467 g/mol. The van der Waals surface area contributed by atoms with Gasteiger partial charge in [0.05, 0.1) is 19.3 Å². The highest BCUT2D eigenvalue weighted by molar-refractivity contribution is 5.99. The van der Waals surface area contributed by atoms with Crippen LogP contribution in [0.4, 0.5) is 0 Å². The molecule has 2 amide bonds. The summed E-state index contributed by atoms with van der Waals surface area (Å²) in [6, 6.07) is 13.8. The number of rotatable bonds is 13. The van der Waals surface area contributed by atoms with Gasteiger partial charge in [0.15, 0.2) is 0 Å². The molecular formula is C28H38N2O4. The van der Waals surface area contributed by atoms with Gasteiger partial charge in [-0.2, -0.15) is 0 Å². The lowest BCUT2D eigenvalue weighted by Crippen LogP contribution is -2.48. The molecule has 1 N–H and O–H groups in total. The van der Waals surface area contributed by atoms with Gasteiger partial charge in [-0.25, -0.2) is 5.06 Å². The van der Waals surface area contributed by atoms with E-state index in [9.17, 15) is 9.59 Å². The molecule has 6 heteroatoms. The third-order valence-corrected chi connectivity index (χ3v) is 5.08. The second kappa shape index (κ2) is 16.3. The number of nitrogens with zero attached hydrogens (tertiary/aromatic N) is 1. The van der Waals surface area contributed by atoms with Crippen LogP contribution in [-0.4, -0.2) is 43.7 Å². The number of carbonyl (C=O) groups is 2. The fourth-order valence-corrected chi connectivity index (χ4v) is 3.24. The zero-order valence-corrected chi connectivity index (χ0v) is 20.9. The van der Waals surface area contributed by atoms with Crippen LogP contribution in [0, 0.1) is 0 Å².